The van der Waals surface area contributed by atoms with E-state index in [4.69, 9.17) is 9.47 Å². The van der Waals surface area contributed by atoms with Gasteiger partial charge in [0.1, 0.15) is 11.9 Å². The highest BCUT2D eigenvalue weighted by Gasteiger charge is 2.30. The summed E-state index contributed by atoms with van der Waals surface area (Å²) in [6, 6.07) is 3.62. The Morgan fingerprint density at radius 3 is 2.48 bits per heavy atom. The van der Waals surface area contributed by atoms with Gasteiger partial charge < -0.3 is 19.7 Å². The second kappa shape index (κ2) is 9.32. The molecule has 0 saturated carbocycles. The van der Waals surface area contributed by atoms with Crippen molar-refractivity contribution in [2.24, 2.45) is 5.92 Å². The Labute approximate surface area is 168 Å². The molecule has 2 fully saturated rings. The van der Waals surface area contributed by atoms with E-state index in [1.807, 2.05) is 0 Å². The SMILES string of the molecule is COC(OC)C1CCN(c2ccc(C(=O)N[C@H]3CCC(=O)NC3=O)c(F)c2)CC1. The molecule has 2 aliphatic rings. The largest absolute Gasteiger partial charge is 0.371 e. The van der Waals surface area contributed by atoms with Crippen molar-refractivity contribution in [2.45, 2.75) is 38.0 Å². The van der Waals surface area contributed by atoms with E-state index in [2.05, 4.69) is 15.5 Å². The van der Waals surface area contributed by atoms with Crippen molar-refractivity contribution in [3.63, 3.8) is 0 Å². The van der Waals surface area contributed by atoms with Gasteiger partial charge in [0.15, 0.2) is 6.29 Å². The van der Waals surface area contributed by atoms with Gasteiger partial charge in [-0.3, -0.25) is 19.7 Å². The van der Waals surface area contributed by atoms with Crippen LogP contribution in [-0.4, -0.2) is 57.4 Å². The summed E-state index contributed by atoms with van der Waals surface area (Å²) in [5, 5.41) is 4.65. The van der Waals surface area contributed by atoms with Crippen LogP contribution in [0.15, 0.2) is 18.2 Å². The quantitative estimate of drug-likeness (QED) is 0.543. The minimum Gasteiger partial charge on any atom is -0.371 e. The van der Waals surface area contributed by atoms with Gasteiger partial charge in [0, 0.05) is 45.3 Å². The van der Waals surface area contributed by atoms with E-state index < -0.39 is 23.7 Å². The lowest BCUT2D eigenvalue weighted by atomic mass is 9.95. The Balaban J connectivity index is 1.61. The molecule has 8 nitrogen and oxygen atoms in total. The van der Waals surface area contributed by atoms with E-state index in [0.717, 1.165) is 25.9 Å². The molecular formula is C20H26FN3O5. The lowest BCUT2D eigenvalue weighted by Crippen LogP contribution is -2.52. The summed E-state index contributed by atoms with van der Waals surface area (Å²) in [5.74, 6) is -1.99. The third-order valence-corrected chi connectivity index (χ3v) is 5.50. The van der Waals surface area contributed by atoms with Crippen molar-refractivity contribution in [3.8, 4) is 0 Å². The number of hydrogen-bond acceptors (Lipinski definition) is 6. The van der Waals surface area contributed by atoms with Gasteiger partial charge in [-0.1, -0.05) is 0 Å². The van der Waals surface area contributed by atoms with E-state index in [9.17, 15) is 18.8 Å². The molecule has 158 valence electrons. The number of anilines is 1. The van der Waals surface area contributed by atoms with Crippen LogP contribution in [0, 0.1) is 11.7 Å². The molecule has 2 aliphatic heterocycles. The molecule has 2 N–H and O–H groups in total. The molecule has 1 aromatic rings. The molecule has 1 aromatic carbocycles. The fourth-order valence-corrected chi connectivity index (χ4v) is 3.86. The average molecular weight is 407 g/mol. The van der Waals surface area contributed by atoms with Crippen molar-refractivity contribution in [1.82, 2.24) is 10.6 Å². The lowest BCUT2D eigenvalue weighted by molar-refractivity contribution is -0.141. The van der Waals surface area contributed by atoms with Crippen LogP contribution in [0.3, 0.4) is 0 Å². The smallest absolute Gasteiger partial charge is 0.254 e. The fraction of sp³-hybridized carbons (Fsp3) is 0.550. The van der Waals surface area contributed by atoms with Crippen LogP contribution in [0.4, 0.5) is 10.1 Å². The molecule has 29 heavy (non-hydrogen) atoms. The highest BCUT2D eigenvalue weighted by atomic mass is 19.1. The zero-order valence-electron chi connectivity index (χ0n) is 16.6. The van der Waals surface area contributed by atoms with Crippen molar-refractivity contribution >= 4 is 23.4 Å². The van der Waals surface area contributed by atoms with Gasteiger partial charge in [0.25, 0.3) is 5.91 Å². The maximum Gasteiger partial charge on any atom is 0.254 e. The number of nitrogens with one attached hydrogen (secondary N) is 2. The summed E-state index contributed by atoms with van der Waals surface area (Å²) in [5.41, 5.74) is 0.567. The number of ether oxygens (including phenoxy) is 2. The maximum atomic E-state index is 14.6. The predicted molar refractivity (Wildman–Crippen MR) is 103 cm³/mol. The standard InChI is InChI=1S/C20H26FN3O5/c1-28-20(29-2)12-7-9-24(10-8-12)13-3-4-14(15(21)11-13)18(26)22-16-5-6-17(25)23-19(16)27/h3-4,11-12,16,20H,5-10H2,1-2H3,(H,22,26)(H,23,25,27)/t16-/m0/s1. The normalized spacial score (nSPS) is 20.7. The first-order valence-corrected chi connectivity index (χ1v) is 9.67. The summed E-state index contributed by atoms with van der Waals surface area (Å²) < 4.78 is 25.3. The molecule has 0 aromatic heterocycles. The summed E-state index contributed by atoms with van der Waals surface area (Å²) in [6.45, 7) is 1.46. The Morgan fingerprint density at radius 1 is 1.21 bits per heavy atom. The van der Waals surface area contributed by atoms with Gasteiger partial charge in [0.2, 0.25) is 11.8 Å². The molecule has 0 bridgehead atoms. The topological polar surface area (TPSA) is 97.0 Å². The number of amides is 3. The van der Waals surface area contributed by atoms with Crippen LogP contribution in [0.25, 0.3) is 0 Å². The van der Waals surface area contributed by atoms with Crippen molar-refractivity contribution < 1.29 is 28.2 Å². The Kier molecular flexibility index (Phi) is 6.81. The maximum absolute atomic E-state index is 14.6. The number of piperidine rings is 2. The number of carbonyl (C=O) groups excluding carboxylic acids is 3. The van der Waals surface area contributed by atoms with Gasteiger partial charge in [-0.15, -0.1) is 0 Å². The molecule has 2 heterocycles. The van der Waals surface area contributed by atoms with Crippen LogP contribution in [0.1, 0.15) is 36.0 Å². The van der Waals surface area contributed by atoms with Crippen LogP contribution >= 0.6 is 0 Å². The van der Waals surface area contributed by atoms with Gasteiger partial charge in [-0.05, 0) is 37.5 Å². The third-order valence-electron chi connectivity index (χ3n) is 5.50. The molecule has 0 aliphatic carbocycles. The molecule has 3 rings (SSSR count). The number of methoxy groups -OCH3 is 2. The first-order chi connectivity index (χ1) is 13.9. The van der Waals surface area contributed by atoms with E-state index in [1.165, 1.54) is 12.1 Å². The molecule has 9 heteroatoms. The first kappa shape index (κ1) is 21.2. The molecule has 3 amide bonds. The monoisotopic (exact) mass is 407 g/mol. The van der Waals surface area contributed by atoms with Crippen LogP contribution < -0.4 is 15.5 Å². The Bertz CT molecular complexity index is 775. The minimum atomic E-state index is -0.840. The van der Waals surface area contributed by atoms with Gasteiger partial charge >= 0.3 is 0 Å². The fourth-order valence-electron chi connectivity index (χ4n) is 3.86. The summed E-state index contributed by atoms with van der Waals surface area (Å²) in [6.07, 6.45) is 1.81. The summed E-state index contributed by atoms with van der Waals surface area (Å²) in [7, 11) is 3.24. The number of carbonyl (C=O) groups is 3. The number of nitrogens with zero attached hydrogens (tertiary/aromatic N) is 1. The van der Waals surface area contributed by atoms with E-state index in [-0.39, 0.29) is 36.5 Å². The number of imide groups is 1. The van der Waals surface area contributed by atoms with Crippen molar-refractivity contribution in [3.05, 3.63) is 29.6 Å². The van der Waals surface area contributed by atoms with Crippen molar-refractivity contribution in [1.29, 1.82) is 0 Å². The van der Waals surface area contributed by atoms with Crippen LogP contribution in [-0.2, 0) is 19.1 Å². The summed E-state index contributed by atoms with van der Waals surface area (Å²) >= 11 is 0. The molecule has 0 unspecified atom stereocenters. The third kappa shape index (κ3) is 4.91. The number of hydrogen-bond donors (Lipinski definition) is 2. The number of halogens is 1. The van der Waals surface area contributed by atoms with Crippen LogP contribution in [0.2, 0.25) is 0 Å². The molecule has 1 atom stereocenters. The molecule has 2 saturated heterocycles. The second-order valence-corrected chi connectivity index (χ2v) is 7.31. The first-order valence-electron chi connectivity index (χ1n) is 9.67. The van der Waals surface area contributed by atoms with E-state index in [1.54, 1.807) is 20.3 Å². The zero-order valence-corrected chi connectivity index (χ0v) is 16.6. The molecular weight excluding hydrogens is 381 g/mol. The lowest BCUT2D eigenvalue weighted by Gasteiger charge is -2.36. The predicted octanol–water partition coefficient (Wildman–Crippen LogP) is 1.20. The number of rotatable bonds is 6. The highest BCUT2D eigenvalue weighted by molar-refractivity contribution is 6.03. The highest BCUT2D eigenvalue weighted by Crippen LogP contribution is 2.28. The molecule has 0 radical (unpaired) electrons. The minimum absolute atomic E-state index is 0.132. The Morgan fingerprint density at radius 2 is 1.90 bits per heavy atom. The average Bonchev–Trinajstić information content (AvgIpc) is 2.71. The molecule has 0 spiro atoms. The number of benzene rings is 1. The van der Waals surface area contributed by atoms with Crippen LogP contribution in [0.5, 0.6) is 0 Å². The van der Waals surface area contributed by atoms with Gasteiger partial charge in [-0.2, -0.15) is 0 Å². The van der Waals surface area contributed by atoms with Gasteiger partial charge in [-0.25, -0.2) is 4.39 Å². The van der Waals surface area contributed by atoms with Gasteiger partial charge in [0.05, 0.1) is 5.56 Å². The van der Waals surface area contributed by atoms with Crippen molar-refractivity contribution in [2.75, 3.05) is 32.2 Å². The second-order valence-electron chi connectivity index (χ2n) is 7.31. The Hall–Kier alpha value is -2.52. The van der Waals surface area contributed by atoms with E-state index >= 15 is 0 Å². The van der Waals surface area contributed by atoms with E-state index in [0.29, 0.717) is 5.69 Å². The zero-order chi connectivity index (χ0) is 21.0. The summed E-state index contributed by atoms with van der Waals surface area (Å²) in [4.78, 5) is 37.4.